The van der Waals surface area contributed by atoms with E-state index in [-0.39, 0.29) is 17.0 Å². The number of nitrogens with zero attached hydrogens (tertiary/aromatic N) is 3. The van der Waals surface area contributed by atoms with Crippen LogP contribution in [0.3, 0.4) is 0 Å². The molecule has 1 aromatic carbocycles. The van der Waals surface area contributed by atoms with Gasteiger partial charge in [0.1, 0.15) is 17.1 Å². The van der Waals surface area contributed by atoms with Gasteiger partial charge in [-0.15, -0.1) is 0 Å². The molecule has 0 amide bonds. The minimum absolute atomic E-state index is 0.204. The lowest BCUT2D eigenvalue weighted by atomic mass is 9.78. The molecule has 1 atom stereocenters. The Kier molecular flexibility index (Phi) is 5.28. The van der Waals surface area contributed by atoms with Crippen LogP contribution in [0.2, 0.25) is 0 Å². The first-order chi connectivity index (χ1) is 16.2. The van der Waals surface area contributed by atoms with Crippen molar-refractivity contribution in [2.24, 2.45) is 5.92 Å². The minimum Gasteiger partial charge on any atom is -0.508 e. The molecule has 0 spiro atoms. The maximum Gasteiger partial charge on any atom is 0.257 e. The van der Waals surface area contributed by atoms with E-state index >= 15 is 0 Å². The fourth-order valence-electron chi connectivity index (χ4n) is 6.86. The molecule has 0 radical (unpaired) electrons. The fraction of sp³-hybridized carbons (Fsp3) is 0.556. The van der Waals surface area contributed by atoms with Crippen LogP contribution in [0.15, 0.2) is 35.3 Å². The second kappa shape index (κ2) is 8.32. The molecule has 6 rings (SSSR count). The Bertz CT molecular complexity index is 1230. The molecule has 2 N–H and O–H groups in total. The number of nitrogens with one attached hydrogen (secondary N) is 1. The van der Waals surface area contributed by atoms with Gasteiger partial charge < -0.3 is 5.11 Å². The van der Waals surface area contributed by atoms with Crippen LogP contribution in [0.25, 0.3) is 11.0 Å². The van der Waals surface area contributed by atoms with Gasteiger partial charge in [-0.3, -0.25) is 14.7 Å². The van der Waals surface area contributed by atoms with Crippen molar-refractivity contribution in [2.75, 3.05) is 6.54 Å². The first kappa shape index (κ1) is 21.0. The van der Waals surface area contributed by atoms with Gasteiger partial charge in [-0.1, -0.05) is 31.4 Å². The Morgan fingerprint density at radius 2 is 1.88 bits per heavy atom. The average molecular weight is 447 g/mol. The molecule has 2 aliphatic carbocycles. The minimum atomic E-state index is -0.321. The molecule has 0 unspecified atom stereocenters. The van der Waals surface area contributed by atoms with E-state index < -0.39 is 0 Å². The number of aromatic hydroxyl groups is 1. The zero-order chi connectivity index (χ0) is 22.4. The van der Waals surface area contributed by atoms with E-state index in [0.717, 1.165) is 67.2 Å². The third kappa shape index (κ3) is 3.41. The van der Waals surface area contributed by atoms with Gasteiger partial charge in [-0.2, -0.15) is 5.10 Å². The van der Waals surface area contributed by atoms with Gasteiger partial charge in [-0.05, 0) is 87.1 Å². The molecule has 2 fully saturated rings. The topological polar surface area (TPSA) is 72.1 Å². The van der Waals surface area contributed by atoms with Crippen molar-refractivity contribution in [1.82, 2.24) is 19.7 Å². The van der Waals surface area contributed by atoms with Crippen molar-refractivity contribution in [3.63, 3.8) is 0 Å². The lowest BCUT2D eigenvalue weighted by Crippen LogP contribution is -2.55. The maximum atomic E-state index is 14.3. The van der Waals surface area contributed by atoms with E-state index in [2.05, 4.69) is 9.88 Å². The molecule has 2 aromatic heterocycles. The number of aromatic nitrogens is 3. The molecule has 6 nitrogen and oxygen atoms in total. The van der Waals surface area contributed by atoms with Crippen LogP contribution in [0.5, 0.6) is 5.75 Å². The number of hydrogen-bond donors (Lipinski definition) is 2. The standard InChI is InChI=1S/C27H34N4O2/c32-21-11-6-8-19(16-21)18-30-25-24(17-29-30)22-12-4-5-13-23(22)26(33)31(25)27(14-7-15-28-27)20-9-2-1-3-10-20/h6,8,11,16-17,20,28,32H,1-5,7,9-10,12-15,18H2/t27-/m1/s1. The summed E-state index contributed by atoms with van der Waals surface area (Å²) in [5.41, 5.74) is 4.08. The van der Waals surface area contributed by atoms with E-state index in [0.29, 0.717) is 12.5 Å². The molecule has 3 heterocycles. The van der Waals surface area contributed by atoms with Crippen LogP contribution in [0, 0.1) is 5.92 Å². The highest BCUT2D eigenvalue weighted by Crippen LogP contribution is 2.43. The highest BCUT2D eigenvalue weighted by atomic mass is 16.3. The fourth-order valence-corrected chi connectivity index (χ4v) is 6.86. The average Bonchev–Trinajstić information content (AvgIpc) is 3.49. The maximum absolute atomic E-state index is 14.3. The second-order valence-corrected chi connectivity index (χ2v) is 10.3. The molecule has 3 aromatic rings. The molecule has 1 aliphatic heterocycles. The molecule has 1 saturated carbocycles. The molecular weight excluding hydrogens is 412 g/mol. The van der Waals surface area contributed by atoms with Crippen molar-refractivity contribution in [3.05, 3.63) is 57.5 Å². The first-order valence-electron chi connectivity index (χ1n) is 12.8. The monoisotopic (exact) mass is 446 g/mol. The van der Waals surface area contributed by atoms with E-state index in [4.69, 9.17) is 5.10 Å². The van der Waals surface area contributed by atoms with Gasteiger partial charge in [0.2, 0.25) is 0 Å². The van der Waals surface area contributed by atoms with E-state index in [1.54, 1.807) is 12.1 Å². The number of fused-ring (bicyclic) bond motifs is 3. The van der Waals surface area contributed by atoms with Crippen LogP contribution in [-0.2, 0) is 25.0 Å². The highest BCUT2D eigenvalue weighted by molar-refractivity contribution is 5.81. The van der Waals surface area contributed by atoms with E-state index in [1.807, 2.05) is 23.0 Å². The molecular formula is C27H34N4O2. The Morgan fingerprint density at radius 3 is 2.64 bits per heavy atom. The van der Waals surface area contributed by atoms with Gasteiger partial charge in [0.15, 0.2) is 0 Å². The lowest BCUT2D eigenvalue weighted by molar-refractivity contribution is 0.104. The van der Waals surface area contributed by atoms with Crippen molar-refractivity contribution in [3.8, 4) is 5.75 Å². The molecule has 3 aliphatic rings. The summed E-state index contributed by atoms with van der Waals surface area (Å²) in [6.45, 7) is 1.50. The molecule has 6 heteroatoms. The summed E-state index contributed by atoms with van der Waals surface area (Å²) in [5.74, 6) is 0.732. The molecule has 33 heavy (non-hydrogen) atoms. The van der Waals surface area contributed by atoms with Crippen molar-refractivity contribution in [1.29, 1.82) is 0 Å². The van der Waals surface area contributed by atoms with Crippen LogP contribution < -0.4 is 10.9 Å². The van der Waals surface area contributed by atoms with E-state index in [9.17, 15) is 9.90 Å². The molecule has 0 bridgehead atoms. The summed E-state index contributed by atoms with van der Waals surface area (Å²) in [4.78, 5) is 14.3. The smallest absolute Gasteiger partial charge is 0.257 e. The zero-order valence-electron chi connectivity index (χ0n) is 19.4. The first-order valence-corrected chi connectivity index (χ1v) is 12.8. The number of phenols is 1. The summed E-state index contributed by atoms with van der Waals surface area (Å²) < 4.78 is 4.16. The highest BCUT2D eigenvalue weighted by Gasteiger charge is 2.45. The summed E-state index contributed by atoms with van der Waals surface area (Å²) in [6.07, 6.45) is 14.3. The summed E-state index contributed by atoms with van der Waals surface area (Å²) in [5, 5.41) is 19.8. The number of phenolic OH excluding ortho intramolecular Hbond substituents is 1. The third-order valence-electron chi connectivity index (χ3n) is 8.37. The van der Waals surface area contributed by atoms with Gasteiger partial charge in [-0.25, -0.2) is 4.68 Å². The number of rotatable bonds is 4. The van der Waals surface area contributed by atoms with Gasteiger partial charge in [0.05, 0.1) is 12.7 Å². The SMILES string of the molecule is O=c1c2c(c3cnn(Cc4cccc(O)c4)c3n1[C@@]1(C3CCCCC3)CCCN1)CCCC2. The summed E-state index contributed by atoms with van der Waals surface area (Å²) in [6, 6.07) is 7.36. The van der Waals surface area contributed by atoms with Crippen LogP contribution in [0.4, 0.5) is 0 Å². The second-order valence-electron chi connectivity index (χ2n) is 10.3. The Balaban J connectivity index is 1.60. The molecule has 174 valence electrons. The van der Waals surface area contributed by atoms with Crippen molar-refractivity contribution in [2.45, 2.75) is 82.8 Å². The number of pyridine rings is 1. The predicted octanol–water partition coefficient (Wildman–Crippen LogP) is 4.45. The Morgan fingerprint density at radius 1 is 1.06 bits per heavy atom. The quantitative estimate of drug-likeness (QED) is 0.621. The third-order valence-corrected chi connectivity index (χ3v) is 8.37. The number of benzene rings is 1. The lowest BCUT2D eigenvalue weighted by Gasteiger charge is -2.42. The number of aryl methyl sites for hydroxylation is 1. The molecule has 1 saturated heterocycles. The van der Waals surface area contributed by atoms with Gasteiger partial charge in [0.25, 0.3) is 5.56 Å². The van der Waals surface area contributed by atoms with Gasteiger partial charge >= 0.3 is 0 Å². The predicted molar refractivity (Wildman–Crippen MR) is 130 cm³/mol. The van der Waals surface area contributed by atoms with Gasteiger partial charge in [0, 0.05) is 10.9 Å². The zero-order valence-corrected chi connectivity index (χ0v) is 19.4. The van der Waals surface area contributed by atoms with Crippen molar-refractivity contribution >= 4 is 11.0 Å². The normalized spacial score (nSPS) is 23.8. The summed E-state index contributed by atoms with van der Waals surface area (Å²) >= 11 is 0. The van der Waals surface area contributed by atoms with Crippen LogP contribution in [0.1, 0.15) is 74.5 Å². The van der Waals surface area contributed by atoms with Crippen LogP contribution >= 0.6 is 0 Å². The summed E-state index contributed by atoms with van der Waals surface area (Å²) in [7, 11) is 0. The van der Waals surface area contributed by atoms with Crippen LogP contribution in [-0.4, -0.2) is 26.0 Å². The largest absolute Gasteiger partial charge is 0.508 e. The van der Waals surface area contributed by atoms with Crippen molar-refractivity contribution < 1.29 is 5.11 Å². The number of hydrogen-bond acceptors (Lipinski definition) is 4. The van der Waals surface area contributed by atoms with E-state index in [1.165, 1.54) is 37.7 Å². The Labute approximate surface area is 194 Å². The Hall–Kier alpha value is -2.60.